The average Bonchev–Trinajstić information content (AvgIpc) is 2.62. The van der Waals surface area contributed by atoms with Crippen LogP contribution in [0, 0.1) is 11.3 Å². The second-order valence-electron chi connectivity index (χ2n) is 5.49. The van der Waals surface area contributed by atoms with Gasteiger partial charge in [0.05, 0.1) is 10.9 Å². The topological polar surface area (TPSA) is 125 Å². The van der Waals surface area contributed by atoms with E-state index >= 15 is 0 Å². The third kappa shape index (κ3) is 5.17. The molecule has 2 aromatic carbocycles. The predicted molar refractivity (Wildman–Crippen MR) is 98.1 cm³/mol. The number of rotatable bonds is 6. The van der Waals surface area contributed by atoms with Crippen LogP contribution >= 0.6 is 0 Å². The van der Waals surface area contributed by atoms with E-state index < -0.39 is 15.9 Å². The van der Waals surface area contributed by atoms with Crippen molar-refractivity contribution in [1.29, 1.82) is 5.26 Å². The van der Waals surface area contributed by atoms with E-state index in [4.69, 9.17) is 5.14 Å². The van der Waals surface area contributed by atoms with E-state index in [1.807, 2.05) is 43.3 Å². The zero-order chi connectivity index (χ0) is 19.2. The summed E-state index contributed by atoms with van der Waals surface area (Å²) in [7, 11) is -3.77. The SMILES string of the molecule is CC(NC(=O)/C(C#N)=C\Nc1ccc(S(N)(=O)=O)cc1)c1ccccc1. The Labute approximate surface area is 152 Å². The number of sulfonamides is 1. The van der Waals surface area contributed by atoms with Gasteiger partial charge in [-0.25, -0.2) is 13.6 Å². The summed E-state index contributed by atoms with van der Waals surface area (Å²) in [5.74, 6) is -0.516. The lowest BCUT2D eigenvalue weighted by molar-refractivity contribution is -0.117. The van der Waals surface area contributed by atoms with Crippen LogP contribution in [0.4, 0.5) is 5.69 Å². The normalized spacial score (nSPS) is 12.7. The molecule has 1 amide bonds. The Morgan fingerprint density at radius 1 is 1.15 bits per heavy atom. The van der Waals surface area contributed by atoms with Crippen LogP contribution in [-0.2, 0) is 14.8 Å². The van der Waals surface area contributed by atoms with Crippen molar-refractivity contribution in [3.63, 3.8) is 0 Å². The van der Waals surface area contributed by atoms with Crippen LogP contribution in [0.2, 0.25) is 0 Å². The molecule has 2 rings (SSSR count). The minimum absolute atomic E-state index is 0.0260. The van der Waals surface area contributed by atoms with Crippen molar-refractivity contribution < 1.29 is 13.2 Å². The van der Waals surface area contributed by atoms with Gasteiger partial charge >= 0.3 is 0 Å². The molecule has 0 spiro atoms. The van der Waals surface area contributed by atoms with Gasteiger partial charge in [-0.05, 0) is 36.8 Å². The smallest absolute Gasteiger partial charge is 0.263 e. The van der Waals surface area contributed by atoms with Crippen molar-refractivity contribution in [2.75, 3.05) is 5.32 Å². The van der Waals surface area contributed by atoms with Gasteiger partial charge in [0.1, 0.15) is 11.6 Å². The lowest BCUT2D eigenvalue weighted by Crippen LogP contribution is -2.28. The van der Waals surface area contributed by atoms with Gasteiger partial charge in [-0.2, -0.15) is 5.26 Å². The number of nitrogens with two attached hydrogens (primary N) is 1. The molecule has 8 heteroatoms. The third-order valence-electron chi connectivity index (χ3n) is 3.58. The van der Waals surface area contributed by atoms with Crippen LogP contribution in [0.5, 0.6) is 0 Å². The fourth-order valence-corrected chi connectivity index (χ4v) is 2.66. The van der Waals surface area contributed by atoms with Gasteiger partial charge in [0, 0.05) is 11.9 Å². The minimum atomic E-state index is -3.77. The molecule has 134 valence electrons. The van der Waals surface area contributed by atoms with Crippen LogP contribution in [-0.4, -0.2) is 14.3 Å². The zero-order valence-electron chi connectivity index (χ0n) is 14.0. The summed E-state index contributed by atoms with van der Waals surface area (Å²) in [5.41, 5.74) is 1.32. The van der Waals surface area contributed by atoms with Gasteiger partial charge in [0.2, 0.25) is 10.0 Å². The number of hydrogen-bond acceptors (Lipinski definition) is 5. The zero-order valence-corrected chi connectivity index (χ0v) is 14.8. The number of carbonyl (C=O) groups is 1. The minimum Gasteiger partial charge on any atom is -0.360 e. The third-order valence-corrected chi connectivity index (χ3v) is 4.51. The summed E-state index contributed by atoms with van der Waals surface area (Å²) in [6.45, 7) is 1.82. The molecule has 7 nitrogen and oxygen atoms in total. The van der Waals surface area contributed by atoms with Gasteiger partial charge in [0.15, 0.2) is 0 Å². The lowest BCUT2D eigenvalue weighted by Gasteiger charge is -2.13. The number of benzene rings is 2. The highest BCUT2D eigenvalue weighted by Gasteiger charge is 2.13. The van der Waals surface area contributed by atoms with E-state index in [2.05, 4.69) is 10.6 Å². The Kier molecular flexibility index (Phi) is 6.11. The number of amides is 1. The number of nitrogens with zero attached hydrogens (tertiary/aromatic N) is 1. The fourth-order valence-electron chi connectivity index (χ4n) is 2.14. The first kappa shape index (κ1) is 19.2. The molecule has 0 radical (unpaired) electrons. The predicted octanol–water partition coefficient (Wildman–Crippen LogP) is 2.03. The van der Waals surface area contributed by atoms with Crippen LogP contribution < -0.4 is 15.8 Å². The summed E-state index contributed by atoms with van der Waals surface area (Å²) < 4.78 is 22.4. The van der Waals surface area contributed by atoms with E-state index in [1.54, 1.807) is 0 Å². The van der Waals surface area contributed by atoms with Crippen molar-refractivity contribution >= 4 is 21.6 Å². The number of carbonyl (C=O) groups excluding carboxylic acids is 1. The molecule has 0 bridgehead atoms. The highest BCUT2D eigenvalue weighted by atomic mass is 32.2. The highest BCUT2D eigenvalue weighted by Crippen LogP contribution is 2.14. The second-order valence-corrected chi connectivity index (χ2v) is 7.05. The van der Waals surface area contributed by atoms with Gasteiger partial charge in [-0.15, -0.1) is 0 Å². The first-order chi connectivity index (χ1) is 12.3. The number of nitrogens with one attached hydrogen (secondary N) is 2. The van der Waals surface area contributed by atoms with Crippen LogP contribution in [0.3, 0.4) is 0 Å². The van der Waals surface area contributed by atoms with Gasteiger partial charge in [-0.3, -0.25) is 4.79 Å². The Hall–Kier alpha value is -3.15. The van der Waals surface area contributed by atoms with Crippen molar-refractivity contribution in [2.45, 2.75) is 17.9 Å². The first-order valence-corrected chi connectivity index (χ1v) is 9.21. The number of anilines is 1. The molecular weight excluding hydrogens is 352 g/mol. The lowest BCUT2D eigenvalue weighted by atomic mass is 10.1. The van der Waals surface area contributed by atoms with Crippen LogP contribution in [0.25, 0.3) is 0 Å². The summed E-state index contributed by atoms with van der Waals surface area (Å²) in [6, 6.07) is 16.6. The maximum absolute atomic E-state index is 12.2. The molecule has 2 aromatic rings. The Morgan fingerprint density at radius 3 is 2.31 bits per heavy atom. The molecule has 0 aliphatic carbocycles. The van der Waals surface area contributed by atoms with Crippen LogP contribution in [0.15, 0.2) is 71.3 Å². The maximum atomic E-state index is 12.2. The Morgan fingerprint density at radius 2 is 1.77 bits per heavy atom. The highest BCUT2D eigenvalue weighted by molar-refractivity contribution is 7.89. The van der Waals surface area contributed by atoms with Gasteiger partial charge < -0.3 is 10.6 Å². The molecule has 0 fully saturated rings. The van der Waals surface area contributed by atoms with Gasteiger partial charge in [0.25, 0.3) is 5.91 Å². The van der Waals surface area contributed by atoms with E-state index in [0.29, 0.717) is 5.69 Å². The number of hydrogen-bond donors (Lipinski definition) is 3. The molecule has 1 atom stereocenters. The second kappa shape index (κ2) is 8.29. The van der Waals surface area contributed by atoms with E-state index in [1.165, 1.54) is 30.5 Å². The summed E-state index contributed by atoms with van der Waals surface area (Å²) in [4.78, 5) is 12.2. The Bertz CT molecular complexity index is 946. The first-order valence-electron chi connectivity index (χ1n) is 7.66. The van der Waals surface area contributed by atoms with E-state index in [0.717, 1.165) is 5.56 Å². The monoisotopic (exact) mass is 370 g/mol. The summed E-state index contributed by atoms with van der Waals surface area (Å²) >= 11 is 0. The quantitative estimate of drug-likeness (QED) is 0.530. The van der Waals surface area contributed by atoms with E-state index in [9.17, 15) is 18.5 Å². The number of nitriles is 1. The Balaban J connectivity index is 2.05. The largest absolute Gasteiger partial charge is 0.360 e. The maximum Gasteiger partial charge on any atom is 0.263 e. The summed E-state index contributed by atoms with van der Waals surface area (Å²) in [6.07, 6.45) is 1.26. The van der Waals surface area contributed by atoms with Crippen molar-refractivity contribution in [3.05, 3.63) is 71.9 Å². The average molecular weight is 370 g/mol. The molecule has 26 heavy (non-hydrogen) atoms. The van der Waals surface area contributed by atoms with E-state index in [-0.39, 0.29) is 16.5 Å². The molecule has 0 aliphatic heterocycles. The standard InChI is InChI=1S/C18H18N4O3S/c1-13(14-5-3-2-4-6-14)22-18(23)15(11-19)12-21-16-7-9-17(10-8-16)26(20,24)25/h2-10,12-13,21H,1H3,(H,22,23)(H2,20,24,25)/b15-12-. The molecule has 0 aliphatic rings. The molecule has 4 N–H and O–H groups in total. The summed E-state index contributed by atoms with van der Waals surface area (Å²) in [5, 5.41) is 19.8. The van der Waals surface area contributed by atoms with Crippen molar-refractivity contribution in [1.82, 2.24) is 5.32 Å². The molecule has 0 heterocycles. The van der Waals surface area contributed by atoms with Crippen molar-refractivity contribution in [2.24, 2.45) is 5.14 Å². The fraction of sp³-hybridized carbons (Fsp3) is 0.111. The molecular formula is C18H18N4O3S. The molecule has 0 saturated carbocycles. The van der Waals surface area contributed by atoms with Gasteiger partial charge in [-0.1, -0.05) is 30.3 Å². The number of primary sulfonamides is 1. The molecule has 1 unspecified atom stereocenters. The van der Waals surface area contributed by atoms with Crippen molar-refractivity contribution in [3.8, 4) is 6.07 Å². The van der Waals surface area contributed by atoms with Crippen LogP contribution in [0.1, 0.15) is 18.5 Å². The molecule has 0 saturated heterocycles. The molecule has 0 aromatic heterocycles.